The third kappa shape index (κ3) is 3.54. The van der Waals surface area contributed by atoms with Crippen LogP contribution < -0.4 is 4.74 Å². The van der Waals surface area contributed by atoms with Gasteiger partial charge in [0.2, 0.25) is 0 Å². The van der Waals surface area contributed by atoms with E-state index in [1.165, 1.54) is 5.56 Å². The van der Waals surface area contributed by atoms with Gasteiger partial charge < -0.3 is 14.4 Å². The van der Waals surface area contributed by atoms with E-state index in [0.29, 0.717) is 0 Å². The molecule has 0 saturated heterocycles. The highest BCUT2D eigenvalue weighted by Gasteiger charge is 2.13. The zero-order valence-corrected chi connectivity index (χ0v) is 14.5. The van der Waals surface area contributed by atoms with Crippen molar-refractivity contribution in [2.24, 2.45) is 0 Å². The number of phenolic OH excluding ortho intramolecular Hbond substituents is 1. The first kappa shape index (κ1) is 16.4. The summed E-state index contributed by atoms with van der Waals surface area (Å²) in [5.74, 6) is 2.73. The van der Waals surface area contributed by atoms with Crippen molar-refractivity contribution in [3.63, 3.8) is 0 Å². The van der Waals surface area contributed by atoms with Crippen LogP contribution in [0.5, 0.6) is 11.5 Å². The smallest absolute Gasteiger partial charge is 0.191 e. The van der Waals surface area contributed by atoms with Crippen LogP contribution in [-0.2, 0) is 12.3 Å². The minimum absolute atomic E-state index is 0.246. The van der Waals surface area contributed by atoms with Crippen LogP contribution in [0, 0.1) is 0 Å². The lowest BCUT2D eigenvalue weighted by molar-refractivity contribution is 0.414. The molecule has 1 aromatic heterocycles. The van der Waals surface area contributed by atoms with Crippen LogP contribution in [0.15, 0.2) is 53.7 Å². The average molecular weight is 341 g/mol. The molecule has 0 aliphatic heterocycles. The van der Waals surface area contributed by atoms with E-state index in [1.54, 1.807) is 31.0 Å². The Bertz CT molecular complexity index is 798. The van der Waals surface area contributed by atoms with Crippen molar-refractivity contribution < 1.29 is 9.84 Å². The van der Waals surface area contributed by atoms with Crippen LogP contribution in [-0.4, -0.2) is 27.0 Å². The fraction of sp³-hybridized carbons (Fsp3) is 0.222. The van der Waals surface area contributed by atoms with Crippen molar-refractivity contribution in [2.75, 3.05) is 7.11 Å². The average Bonchev–Trinajstić information content (AvgIpc) is 3.04. The number of nitrogens with zero attached hydrogens (tertiary/aromatic N) is 3. The Morgan fingerprint density at radius 2 is 1.75 bits per heavy atom. The Morgan fingerprint density at radius 1 is 1.04 bits per heavy atom. The molecule has 0 aliphatic carbocycles. The molecular formula is C18H19N3O2S. The lowest BCUT2D eigenvalue weighted by Gasteiger charge is -2.08. The molecular weight excluding hydrogens is 322 g/mol. The van der Waals surface area contributed by atoms with Gasteiger partial charge in [0.1, 0.15) is 11.5 Å². The number of ether oxygens (including phenoxy) is 1. The molecule has 3 rings (SSSR count). The van der Waals surface area contributed by atoms with Gasteiger partial charge in [-0.05, 0) is 48.9 Å². The fourth-order valence-corrected chi connectivity index (χ4v) is 3.33. The fourth-order valence-electron chi connectivity index (χ4n) is 2.37. The third-order valence-corrected chi connectivity index (χ3v) is 4.72. The number of hydrogen-bond donors (Lipinski definition) is 1. The van der Waals surface area contributed by atoms with E-state index < -0.39 is 0 Å². The van der Waals surface area contributed by atoms with E-state index in [-0.39, 0.29) is 5.75 Å². The van der Waals surface area contributed by atoms with Crippen LogP contribution in [0.25, 0.3) is 11.4 Å². The van der Waals surface area contributed by atoms with Crippen LogP contribution in [0.1, 0.15) is 12.5 Å². The first-order valence-corrected chi connectivity index (χ1v) is 8.68. The van der Waals surface area contributed by atoms with Gasteiger partial charge in [0.25, 0.3) is 0 Å². The largest absolute Gasteiger partial charge is 0.508 e. The number of aromatic nitrogens is 3. The highest BCUT2D eigenvalue weighted by atomic mass is 32.2. The summed E-state index contributed by atoms with van der Waals surface area (Å²) >= 11 is 1.66. The third-order valence-electron chi connectivity index (χ3n) is 3.69. The molecule has 0 atom stereocenters. The van der Waals surface area contributed by atoms with Gasteiger partial charge in [-0.15, -0.1) is 10.2 Å². The topological polar surface area (TPSA) is 60.2 Å². The molecule has 0 amide bonds. The van der Waals surface area contributed by atoms with Crippen molar-refractivity contribution in [1.82, 2.24) is 14.8 Å². The predicted molar refractivity (Wildman–Crippen MR) is 95.4 cm³/mol. The summed E-state index contributed by atoms with van der Waals surface area (Å²) in [6.07, 6.45) is 0. The zero-order chi connectivity index (χ0) is 16.9. The number of rotatable bonds is 6. The maximum atomic E-state index is 9.43. The summed E-state index contributed by atoms with van der Waals surface area (Å²) in [4.78, 5) is 0. The highest BCUT2D eigenvalue weighted by molar-refractivity contribution is 7.98. The Kier molecular flexibility index (Phi) is 5.05. The van der Waals surface area contributed by atoms with Crippen LogP contribution >= 0.6 is 11.8 Å². The number of methoxy groups -OCH3 is 1. The lowest BCUT2D eigenvalue weighted by atomic mass is 10.2. The number of aromatic hydroxyl groups is 1. The van der Waals surface area contributed by atoms with Crippen molar-refractivity contribution in [1.29, 1.82) is 0 Å². The molecule has 5 nitrogen and oxygen atoms in total. The predicted octanol–water partition coefficient (Wildman–Crippen LogP) is 3.97. The summed E-state index contributed by atoms with van der Waals surface area (Å²) < 4.78 is 7.26. The minimum atomic E-state index is 0.246. The van der Waals surface area contributed by atoms with E-state index in [0.717, 1.165) is 34.6 Å². The molecule has 0 aliphatic rings. The monoisotopic (exact) mass is 341 g/mol. The van der Waals surface area contributed by atoms with E-state index in [4.69, 9.17) is 4.74 Å². The first-order chi connectivity index (χ1) is 11.7. The van der Waals surface area contributed by atoms with E-state index in [9.17, 15) is 5.11 Å². The van der Waals surface area contributed by atoms with E-state index in [1.807, 2.05) is 24.3 Å². The standard InChI is InChI=1S/C18H19N3O2S/c1-3-21-17(14-6-8-15(22)9-7-14)19-20-18(21)24-12-13-4-10-16(23-2)11-5-13/h4-11,22H,3,12H2,1-2H3. The molecule has 124 valence electrons. The summed E-state index contributed by atoms with van der Waals surface area (Å²) in [6.45, 7) is 2.86. The van der Waals surface area contributed by atoms with Crippen molar-refractivity contribution in [3.05, 3.63) is 54.1 Å². The summed E-state index contributed by atoms with van der Waals surface area (Å²) in [6, 6.07) is 15.1. The van der Waals surface area contributed by atoms with Crippen LogP contribution in [0.4, 0.5) is 0 Å². The molecule has 3 aromatic rings. The molecule has 0 unspecified atom stereocenters. The minimum Gasteiger partial charge on any atom is -0.508 e. The molecule has 1 N–H and O–H groups in total. The summed E-state index contributed by atoms with van der Waals surface area (Å²) in [7, 11) is 1.67. The lowest BCUT2D eigenvalue weighted by Crippen LogP contribution is -1.99. The SMILES string of the molecule is CCn1c(SCc2ccc(OC)cc2)nnc1-c1ccc(O)cc1. The number of hydrogen-bond acceptors (Lipinski definition) is 5. The van der Waals surface area contributed by atoms with Gasteiger partial charge in [-0.25, -0.2) is 0 Å². The Hall–Kier alpha value is -2.47. The van der Waals surface area contributed by atoms with Crippen LogP contribution in [0.3, 0.4) is 0 Å². The molecule has 6 heteroatoms. The summed E-state index contributed by atoms with van der Waals surface area (Å²) in [5, 5.41) is 19.0. The maximum Gasteiger partial charge on any atom is 0.191 e. The maximum absolute atomic E-state index is 9.43. The number of phenols is 1. The number of thioether (sulfide) groups is 1. The Labute approximate surface area is 145 Å². The normalized spacial score (nSPS) is 10.8. The first-order valence-electron chi connectivity index (χ1n) is 7.69. The van der Waals surface area contributed by atoms with Gasteiger partial charge in [-0.3, -0.25) is 0 Å². The highest BCUT2D eigenvalue weighted by Crippen LogP contribution is 2.27. The van der Waals surface area contributed by atoms with Crippen molar-refractivity contribution in [3.8, 4) is 22.9 Å². The number of benzene rings is 2. The molecule has 24 heavy (non-hydrogen) atoms. The second-order valence-electron chi connectivity index (χ2n) is 5.23. The van der Waals surface area contributed by atoms with Gasteiger partial charge in [0.05, 0.1) is 7.11 Å². The van der Waals surface area contributed by atoms with Gasteiger partial charge >= 0.3 is 0 Å². The second kappa shape index (κ2) is 7.40. The zero-order valence-electron chi connectivity index (χ0n) is 13.6. The summed E-state index contributed by atoms with van der Waals surface area (Å²) in [5.41, 5.74) is 2.15. The van der Waals surface area contributed by atoms with Crippen molar-refractivity contribution in [2.45, 2.75) is 24.4 Å². The molecule has 0 fully saturated rings. The van der Waals surface area contributed by atoms with Gasteiger partial charge in [-0.1, -0.05) is 23.9 Å². The molecule has 0 spiro atoms. The van der Waals surface area contributed by atoms with E-state index in [2.05, 4.69) is 33.8 Å². The molecule has 1 heterocycles. The van der Waals surface area contributed by atoms with Crippen molar-refractivity contribution >= 4 is 11.8 Å². The van der Waals surface area contributed by atoms with E-state index >= 15 is 0 Å². The molecule has 0 bridgehead atoms. The van der Waals surface area contributed by atoms with Gasteiger partial charge in [0, 0.05) is 17.9 Å². The molecule has 0 saturated carbocycles. The van der Waals surface area contributed by atoms with Gasteiger partial charge in [0.15, 0.2) is 11.0 Å². The molecule has 2 aromatic carbocycles. The van der Waals surface area contributed by atoms with Gasteiger partial charge in [-0.2, -0.15) is 0 Å². The molecule has 0 radical (unpaired) electrons. The van der Waals surface area contributed by atoms with Crippen LogP contribution in [0.2, 0.25) is 0 Å². The quantitative estimate of drug-likeness (QED) is 0.687. The second-order valence-corrected chi connectivity index (χ2v) is 6.18. The Balaban J connectivity index is 1.77. The Morgan fingerprint density at radius 3 is 2.38 bits per heavy atom.